The lowest BCUT2D eigenvalue weighted by atomic mass is 9.85. The van der Waals surface area contributed by atoms with E-state index in [1.54, 1.807) is 6.92 Å². The highest BCUT2D eigenvalue weighted by Crippen LogP contribution is 2.42. The van der Waals surface area contributed by atoms with E-state index in [-0.39, 0.29) is 16.9 Å². The van der Waals surface area contributed by atoms with Crippen LogP contribution in [0, 0.1) is 12.8 Å². The van der Waals surface area contributed by atoms with Crippen LogP contribution in [0.3, 0.4) is 0 Å². The molecule has 3 unspecified atom stereocenters. The van der Waals surface area contributed by atoms with Crippen LogP contribution in [0.2, 0.25) is 0 Å². The van der Waals surface area contributed by atoms with Crippen LogP contribution in [0.15, 0.2) is 11.1 Å². The number of aromatic nitrogens is 2. The monoisotopic (exact) mass is 313 g/mol. The molecule has 0 radical (unpaired) electrons. The van der Waals surface area contributed by atoms with Crippen molar-refractivity contribution in [3.63, 3.8) is 0 Å². The molecular weight excluding hydrogens is 294 g/mol. The van der Waals surface area contributed by atoms with E-state index in [2.05, 4.69) is 10.2 Å². The minimum Gasteiger partial charge on any atom is -0.480 e. The molecule has 1 aromatic heterocycles. The number of nitrogens with one attached hydrogen (secondary N) is 1. The predicted molar refractivity (Wildman–Crippen MR) is 74.1 cm³/mol. The number of carbonyl (C=O) groups is 1. The Morgan fingerprint density at radius 3 is 2.76 bits per heavy atom. The number of nitrogens with zero attached hydrogens (tertiary/aromatic N) is 2. The number of aliphatic carboxylic acids is 1. The molecule has 0 aromatic carbocycles. The van der Waals surface area contributed by atoms with Gasteiger partial charge in [-0.05, 0) is 32.1 Å². The van der Waals surface area contributed by atoms with E-state index < -0.39 is 22.0 Å². The van der Waals surface area contributed by atoms with Crippen LogP contribution < -0.4 is 0 Å². The van der Waals surface area contributed by atoms with Gasteiger partial charge in [0.25, 0.3) is 0 Å². The molecule has 0 bridgehead atoms. The van der Waals surface area contributed by atoms with Crippen LogP contribution >= 0.6 is 0 Å². The molecule has 2 heterocycles. The first kappa shape index (κ1) is 14.5. The summed E-state index contributed by atoms with van der Waals surface area (Å²) in [5.74, 6) is -0.907. The van der Waals surface area contributed by atoms with E-state index in [1.807, 2.05) is 0 Å². The Morgan fingerprint density at radius 2 is 2.14 bits per heavy atom. The smallest absolute Gasteiger partial charge is 0.322 e. The third kappa shape index (κ3) is 2.26. The summed E-state index contributed by atoms with van der Waals surface area (Å²) in [7, 11) is -3.83. The number of fused-ring (bicyclic) bond motifs is 1. The maximum Gasteiger partial charge on any atom is 0.322 e. The molecule has 0 spiro atoms. The number of rotatable bonds is 3. The molecule has 1 aliphatic carbocycles. The summed E-state index contributed by atoms with van der Waals surface area (Å²) in [6, 6.07) is -1.16. The van der Waals surface area contributed by atoms with E-state index in [1.165, 1.54) is 10.5 Å². The highest BCUT2D eigenvalue weighted by Gasteiger charge is 2.51. The number of carboxylic acid groups (broad SMARTS) is 1. The molecule has 1 saturated carbocycles. The summed E-state index contributed by atoms with van der Waals surface area (Å²) < 4.78 is 27.0. The Balaban J connectivity index is 2.04. The molecular formula is C13H19N3O4S. The van der Waals surface area contributed by atoms with Crippen LogP contribution in [0.1, 0.15) is 37.8 Å². The average molecular weight is 313 g/mol. The van der Waals surface area contributed by atoms with Crippen molar-refractivity contribution in [2.45, 2.75) is 56.0 Å². The van der Waals surface area contributed by atoms with Crippen molar-refractivity contribution < 1.29 is 18.3 Å². The molecule has 1 aromatic rings. The maximum absolute atomic E-state index is 12.9. The molecule has 3 atom stereocenters. The van der Waals surface area contributed by atoms with Crippen LogP contribution in [0.25, 0.3) is 0 Å². The first-order valence-electron chi connectivity index (χ1n) is 7.19. The van der Waals surface area contributed by atoms with Gasteiger partial charge in [-0.2, -0.15) is 9.40 Å². The van der Waals surface area contributed by atoms with Crippen molar-refractivity contribution in [3.8, 4) is 0 Å². The van der Waals surface area contributed by atoms with E-state index in [0.717, 1.165) is 25.7 Å². The highest BCUT2D eigenvalue weighted by molar-refractivity contribution is 7.89. The molecule has 1 saturated heterocycles. The number of hydrogen-bond donors (Lipinski definition) is 2. The lowest BCUT2D eigenvalue weighted by Gasteiger charge is -2.31. The molecule has 2 N–H and O–H groups in total. The molecule has 21 heavy (non-hydrogen) atoms. The second-order valence-electron chi connectivity index (χ2n) is 5.90. The van der Waals surface area contributed by atoms with Gasteiger partial charge in [-0.15, -0.1) is 0 Å². The summed E-state index contributed by atoms with van der Waals surface area (Å²) in [4.78, 5) is 11.6. The normalized spacial score (nSPS) is 30.2. The van der Waals surface area contributed by atoms with Crippen LogP contribution in [0.4, 0.5) is 0 Å². The molecule has 3 rings (SSSR count). The summed E-state index contributed by atoms with van der Waals surface area (Å²) in [6.07, 6.45) is 5.32. The Labute approximate surface area is 123 Å². The number of carboxylic acids is 1. The number of H-pyrrole nitrogens is 1. The topological polar surface area (TPSA) is 103 Å². The highest BCUT2D eigenvalue weighted by atomic mass is 32.2. The number of aryl methyl sites for hydroxylation is 1. The fraction of sp³-hybridized carbons (Fsp3) is 0.692. The molecule has 8 heteroatoms. The minimum atomic E-state index is -3.83. The van der Waals surface area contributed by atoms with Gasteiger partial charge in [0.05, 0.1) is 11.9 Å². The van der Waals surface area contributed by atoms with Gasteiger partial charge in [0.1, 0.15) is 10.9 Å². The van der Waals surface area contributed by atoms with E-state index in [9.17, 15) is 18.3 Å². The number of hydrogen-bond acceptors (Lipinski definition) is 4. The zero-order valence-electron chi connectivity index (χ0n) is 11.8. The summed E-state index contributed by atoms with van der Waals surface area (Å²) in [5.41, 5.74) is 0.443. The summed E-state index contributed by atoms with van der Waals surface area (Å²) in [5, 5.41) is 15.8. The molecule has 1 aliphatic heterocycles. The van der Waals surface area contributed by atoms with Gasteiger partial charge in [0.2, 0.25) is 10.0 Å². The summed E-state index contributed by atoms with van der Waals surface area (Å²) >= 11 is 0. The van der Waals surface area contributed by atoms with E-state index in [0.29, 0.717) is 12.1 Å². The lowest BCUT2D eigenvalue weighted by Crippen LogP contribution is -2.46. The Kier molecular flexibility index (Phi) is 3.53. The first-order valence-corrected chi connectivity index (χ1v) is 8.63. The zero-order chi connectivity index (χ0) is 15.2. The fourth-order valence-electron chi connectivity index (χ4n) is 3.69. The first-order chi connectivity index (χ1) is 9.93. The largest absolute Gasteiger partial charge is 0.480 e. The van der Waals surface area contributed by atoms with Gasteiger partial charge in [-0.3, -0.25) is 9.89 Å². The van der Waals surface area contributed by atoms with Crippen molar-refractivity contribution >= 4 is 16.0 Å². The van der Waals surface area contributed by atoms with Gasteiger partial charge in [0, 0.05) is 6.04 Å². The van der Waals surface area contributed by atoms with Gasteiger partial charge < -0.3 is 5.11 Å². The second-order valence-corrected chi connectivity index (χ2v) is 7.71. The third-order valence-electron chi connectivity index (χ3n) is 4.65. The average Bonchev–Trinajstić information content (AvgIpc) is 3.02. The molecule has 2 aliphatic rings. The minimum absolute atomic E-state index is 0.0833. The quantitative estimate of drug-likeness (QED) is 0.870. The molecule has 7 nitrogen and oxygen atoms in total. The Bertz CT molecular complexity index is 654. The van der Waals surface area contributed by atoms with Crippen LogP contribution in [-0.4, -0.2) is 46.1 Å². The molecule has 116 valence electrons. The van der Waals surface area contributed by atoms with Gasteiger partial charge in [-0.1, -0.05) is 12.8 Å². The van der Waals surface area contributed by atoms with Crippen molar-refractivity contribution in [2.24, 2.45) is 5.92 Å². The number of aromatic amines is 1. The zero-order valence-corrected chi connectivity index (χ0v) is 12.6. The number of sulfonamides is 1. The van der Waals surface area contributed by atoms with Crippen LogP contribution in [-0.2, 0) is 14.8 Å². The predicted octanol–water partition coefficient (Wildman–Crippen LogP) is 1.12. The van der Waals surface area contributed by atoms with Gasteiger partial charge in [-0.25, -0.2) is 8.42 Å². The maximum atomic E-state index is 12.9. The lowest BCUT2D eigenvalue weighted by molar-refractivity contribution is -0.141. The molecule has 2 fully saturated rings. The van der Waals surface area contributed by atoms with Crippen molar-refractivity contribution in [2.75, 3.05) is 0 Å². The third-order valence-corrected chi connectivity index (χ3v) is 6.70. The SMILES string of the molecule is Cc1[nH]ncc1S(=O)(=O)N1C(C(=O)O)CC2CCCCC21. The van der Waals surface area contributed by atoms with Crippen LogP contribution in [0.5, 0.6) is 0 Å². The van der Waals surface area contributed by atoms with Crippen molar-refractivity contribution in [1.29, 1.82) is 0 Å². The standard InChI is InChI=1S/C13H19N3O4S/c1-8-12(7-14-15-8)21(19,20)16-10-5-3-2-4-9(10)6-11(16)13(17)18/h7,9-11H,2-6H2,1H3,(H,14,15)(H,17,18). The molecule has 0 amide bonds. The van der Waals surface area contributed by atoms with Gasteiger partial charge in [0.15, 0.2) is 0 Å². The van der Waals surface area contributed by atoms with Crippen molar-refractivity contribution in [3.05, 3.63) is 11.9 Å². The Hall–Kier alpha value is -1.41. The fourth-order valence-corrected chi connectivity index (χ4v) is 5.68. The van der Waals surface area contributed by atoms with Gasteiger partial charge >= 0.3 is 5.97 Å². The van der Waals surface area contributed by atoms with E-state index in [4.69, 9.17) is 0 Å². The van der Waals surface area contributed by atoms with Crippen molar-refractivity contribution in [1.82, 2.24) is 14.5 Å². The summed E-state index contributed by atoms with van der Waals surface area (Å²) in [6.45, 7) is 1.63. The Morgan fingerprint density at radius 1 is 1.43 bits per heavy atom. The second kappa shape index (κ2) is 5.10. The van der Waals surface area contributed by atoms with E-state index >= 15 is 0 Å².